The summed E-state index contributed by atoms with van der Waals surface area (Å²) in [5.41, 5.74) is 2.33. The SMILES string of the molecule is COc1ccc(-c2csc(C(C#N)=Cc3ccc(OC)c([N+](=O)[O-])c3)n2)cc1. The first kappa shape index (κ1) is 19.1. The number of hydrogen-bond donors (Lipinski definition) is 0. The Labute approximate surface area is 165 Å². The lowest BCUT2D eigenvalue weighted by molar-refractivity contribution is -0.385. The van der Waals surface area contributed by atoms with Crippen LogP contribution in [0.3, 0.4) is 0 Å². The summed E-state index contributed by atoms with van der Waals surface area (Å²) in [7, 11) is 2.97. The molecule has 0 aliphatic heterocycles. The largest absolute Gasteiger partial charge is 0.497 e. The van der Waals surface area contributed by atoms with Crippen molar-refractivity contribution in [3.05, 3.63) is 68.5 Å². The highest BCUT2D eigenvalue weighted by Gasteiger charge is 2.15. The maximum atomic E-state index is 11.2. The summed E-state index contributed by atoms with van der Waals surface area (Å²) in [6.45, 7) is 0. The average molecular weight is 393 g/mol. The van der Waals surface area contributed by atoms with Gasteiger partial charge in [-0.2, -0.15) is 5.26 Å². The lowest BCUT2D eigenvalue weighted by Crippen LogP contribution is -1.94. The molecule has 0 bridgehead atoms. The number of rotatable bonds is 6. The third kappa shape index (κ3) is 4.00. The normalized spacial score (nSPS) is 11.0. The van der Waals surface area contributed by atoms with Crippen LogP contribution in [-0.4, -0.2) is 24.1 Å². The summed E-state index contributed by atoms with van der Waals surface area (Å²) in [6.07, 6.45) is 1.57. The monoisotopic (exact) mass is 393 g/mol. The zero-order valence-corrected chi connectivity index (χ0v) is 15.9. The van der Waals surface area contributed by atoms with Crippen LogP contribution in [0.5, 0.6) is 11.5 Å². The van der Waals surface area contributed by atoms with Gasteiger partial charge in [0.25, 0.3) is 0 Å². The van der Waals surface area contributed by atoms with Crippen LogP contribution in [0.25, 0.3) is 22.9 Å². The Morgan fingerprint density at radius 1 is 1.21 bits per heavy atom. The van der Waals surface area contributed by atoms with E-state index in [0.29, 0.717) is 16.1 Å². The van der Waals surface area contributed by atoms with Gasteiger partial charge < -0.3 is 9.47 Å². The summed E-state index contributed by atoms with van der Waals surface area (Å²) >= 11 is 1.33. The number of nitriles is 1. The Hall–Kier alpha value is -3.70. The van der Waals surface area contributed by atoms with Crippen LogP contribution >= 0.6 is 11.3 Å². The van der Waals surface area contributed by atoms with Gasteiger partial charge in [-0.05, 0) is 42.0 Å². The van der Waals surface area contributed by atoms with Gasteiger partial charge in [-0.25, -0.2) is 4.98 Å². The number of allylic oxidation sites excluding steroid dienone is 1. The maximum absolute atomic E-state index is 11.2. The smallest absolute Gasteiger partial charge is 0.311 e. The molecule has 0 fully saturated rings. The first-order valence-corrected chi connectivity index (χ1v) is 8.98. The van der Waals surface area contributed by atoms with Crippen LogP contribution < -0.4 is 9.47 Å². The van der Waals surface area contributed by atoms with Crippen LogP contribution in [0.2, 0.25) is 0 Å². The number of nitro groups is 1. The molecule has 0 saturated carbocycles. The average Bonchev–Trinajstić information content (AvgIpc) is 3.21. The number of hydrogen-bond acceptors (Lipinski definition) is 7. The highest BCUT2D eigenvalue weighted by Crippen LogP contribution is 2.31. The van der Waals surface area contributed by atoms with Crippen molar-refractivity contribution in [1.29, 1.82) is 5.26 Å². The van der Waals surface area contributed by atoms with Crippen molar-refractivity contribution in [2.45, 2.75) is 0 Å². The molecule has 1 aromatic heterocycles. The van der Waals surface area contributed by atoms with Crippen molar-refractivity contribution < 1.29 is 14.4 Å². The van der Waals surface area contributed by atoms with Gasteiger partial charge in [0, 0.05) is 17.0 Å². The van der Waals surface area contributed by atoms with Gasteiger partial charge in [-0.3, -0.25) is 10.1 Å². The highest BCUT2D eigenvalue weighted by molar-refractivity contribution is 7.11. The molecule has 3 aromatic rings. The molecular formula is C20H15N3O4S. The van der Waals surface area contributed by atoms with E-state index in [4.69, 9.17) is 9.47 Å². The Kier molecular flexibility index (Phi) is 5.67. The van der Waals surface area contributed by atoms with Crippen LogP contribution in [0, 0.1) is 21.4 Å². The van der Waals surface area contributed by atoms with Crippen molar-refractivity contribution in [1.82, 2.24) is 4.98 Å². The molecule has 8 heteroatoms. The molecule has 0 aliphatic carbocycles. The van der Waals surface area contributed by atoms with Crippen molar-refractivity contribution in [3.63, 3.8) is 0 Å². The third-order valence-corrected chi connectivity index (χ3v) is 4.83. The van der Waals surface area contributed by atoms with Crippen molar-refractivity contribution in [2.75, 3.05) is 14.2 Å². The minimum absolute atomic E-state index is 0.161. The van der Waals surface area contributed by atoms with Gasteiger partial charge in [-0.15, -0.1) is 11.3 Å². The molecule has 0 aliphatic rings. The third-order valence-electron chi connectivity index (χ3n) is 3.95. The molecule has 0 unspecified atom stereocenters. The van der Waals surface area contributed by atoms with Gasteiger partial charge in [0.1, 0.15) is 16.8 Å². The number of ether oxygens (including phenoxy) is 2. The van der Waals surface area contributed by atoms with E-state index in [1.54, 1.807) is 19.3 Å². The second-order valence-corrected chi connectivity index (χ2v) is 6.48. The summed E-state index contributed by atoms with van der Waals surface area (Å²) in [5.74, 6) is 0.912. The number of thiazole rings is 1. The summed E-state index contributed by atoms with van der Waals surface area (Å²) in [6, 6.07) is 14.1. The van der Waals surface area contributed by atoms with Gasteiger partial charge in [-0.1, -0.05) is 6.07 Å². The van der Waals surface area contributed by atoms with Crippen molar-refractivity contribution >= 4 is 28.7 Å². The standard InChI is InChI=1S/C20H15N3O4S/c1-26-16-6-4-14(5-7-16)17-12-28-20(22-17)15(11-21)9-13-3-8-19(27-2)18(10-13)23(24)25/h3-10,12H,1-2H3. The first-order valence-electron chi connectivity index (χ1n) is 8.10. The molecule has 0 spiro atoms. The maximum Gasteiger partial charge on any atom is 0.311 e. The predicted molar refractivity (Wildman–Crippen MR) is 107 cm³/mol. The van der Waals surface area contributed by atoms with E-state index < -0.39 is 4.92 Å². The van der Waals surface area contributed by atoms with Gasteiger partial charge in [0.05, 0.1) is 30.4 Å². The fourth-order valence-corrected chi connectivity index (χ4v) is 3.33. The number of nitro benzene ring substituents is 1. The Bertz CT molecular complexity index is 1080. The summed E-state index contributed by atoms with van der Waals surface area (Å²) in [4.78, 5) is 15.2. The number of benzene rings is 2. The van der Waals surface area contributed by atoms with Crippen molar-refractivity contribution in [2.24, 2.45) is 0 Å². The minimum atomic E-state index is -0.520. The zero-order chi connectivity index (χ0) is 20.1. The van der Waals surface area contributed by atoms with E-state index in [1.165, 1.54) is 30.6 Å². The zero-order valence-electron chi connectivity index (χ0n) is 15.1. The van der Waals surface area contributed by atoms with E-state index in [-0.39, 0.29) is 11.4 Å². The molecule has 7 nitrogen and oxygen atoms in total. The van der Waals surface area contributed by atoms with Crippen LogP contribution in [0.1, 0.15) is 10.6 Å². The van der Waals surface area contributed by atoms with E-state index in [1.807, 2.05) is 29.6 Å². The Morgan fingerprint density at radius 3 is 2.57 bits per heavy atom. The fourth-order valence-electron chi connectivity index (χ4n) is 2.54. The molecule has 0 amide bonds. The van der Waals surface area contributed by atoms with Gasteiger partial charge in [0.15, 0.2) is 5.75 Å². The van der Waals surface area contributed by atoms with Crippen molar-refractivity contribution in [3.8, 4) is 28.8 Å². The molecule has 140 valence electrons. The molecule has 0 radical (unpaired) electrons. The van der Waals surface area contributed by atoms with Crippen LogP contribution in [0.15, 0.2) is 47.8 Å². The molecule has 0 atom stereocenters. The first-order chi connectivity index (χ1) is 13.5. The lowest BCUT2D eigenvalue weighted by atomic mass is 10.1. The quantitative estimate of drug-likeness (QED) is 0.339. The van der Waals surface area contributed by atoms with Gasteiger partial charge >= 0.3 is 5.69 Å². The lowest BCUT2D eigenvalue weighted by Gasteiger charge is -2.02. The van der Waals surface area contributed by atoms with Crippen LogP contribution in [0.4, 0.5) is 5.69 Å². The Balaban J connectivity index is 1.94. The van der Waals surface area contributed by atoms with E-state index in [9.17, 15) is 15.4 Å². The Morgan fingerprint density at radius 2 is 1.96 bits per heavy atom. The molecule has 3 rings (SSSR count). The second kappa shape index (κ2) is 8.33. The highest BCUT2D eigenvalue weighted by atomic mass is 32.1. The van der Waals surface area contributed by atoms with E-state index in [2.05, 4.69) is 11.1 Å². The number of methoxy groups -OCH3 is 2. The van der Waals surface area contributed by atoms with E-state index in [0.717, 1.165) is 17.0 Å². The van der Waals surface area contributed by atoms with Crippen LogP contribution in [-0.2, 0) is 0 Å². The molecule has 0 saturated heterocycles. The molecule has 1 heterocycles. The second-order valence-electron chi connectivity index (χ2n) is 5.62. The number of nitrogens with zero attached hydrogens (tertiary/aromatic N) is 3. The molecule has 28 heavy (non-hydrogen) atoms. The number of aromatic nitrogens is 1. The molecule has 0 N–H and O–H groups in total. The molecular weight excluding hydrogens is 378 g/mol. The fraction of sp³-hybridized carbons (Fsp3) is 0.100. The van der Waals surface area contributed by atoms with E-state index >= 15 is 0 Å². The minimum Gasteiger partial charge on any atom is -0.497 e. The molecule has 2 aromatic carbocycles. The van der Waals surface area contributed by atoms with Gasteiger partial charge in [0.2, 0.25) is 0 Å². The summed E-state index contributed by atoms with van der Waals surface area (Å²) in [5, 5.41) is 23.1. The summed E-state index contributed by atoms with van der Waals surface area (Å²) < 4.78 is 10.1. The topological polar surface area (TPSA) is 98.3 Å². The predicted octanol–water partition coefficient (Wildman–Crippen LogP) is 4.80.